The number of aliphatic hydroxyl groups is 1. The van der Waals surface area contributed by atoms with Crippen molar-refractivity contribution in [2.75, 3.05) is 6.61 Å². The van der Waals surface area contributed by atoms with E-state index in [1.54, 1.807) is 11.1 Å². The number of aryl methyl sites for hydroxylation is 1. The first-order valence-electron chi connectivity index (χ1n) is 12.4. The molecule has 2 saturated carbocycles. The highest BCUT2D eigenvalue weighted by molar-refractivity contribution is 6.74. The van der Waals surface area contributed by atoms with Crippen LogP contribution in [0.2, 0.25) is 18.1 Å². The molecule has 2 fully saturated rings. The summed E-state index contributed by atoms with van der Waals surface area (Å²) in [6.07, 6.45) is 7.88. The first-order valence-corrected chi connectivity index (χ1v) is 15.3. The highest BCUT2D eigenvalue weighted by Crippen LogP contribution is 2.64. The Morgan fingerprint density at radius 3 is 2.57 bits per heavy atom. The highest BCUT2D eigenvalue weighted by Gasteiger charge is 2.55. The summed E-state index contributed by atoms with van der Waals surface area (Å²) >= 11 is 0. The second-order valence-corrected chi connectivity index (χ2v) is 17.3. The summed E-state index contributed by atoms with van der Waals surface area (Å²) in [5, 5.41) is 10.0. The molecule has 30 heavy (non-hydrogen) atoms. The van der Waals surface area contributed by atoms with Crippen LogP contribution in [0.25, 0.3) is 0 Å². The van der Waals surface area contributed by atoms with Gasteiger partial charge in [-0.15, -0.1) is 0 Å². The molecule has 1 aromatic rings. The molecule has 4 rings (SSSR count). The molecule has 3 aliphatic rings. The van der Waals surface area contributed by atoms with E-state index < -0.39 is 8.32 Å². The summed E-state index contributed by atoms with van der Waals surface area (Å²) in [6.45, 7) is 16.8. The van der Waals surface area contributed by atoms with Gasteiger partial charge in [-0.25, -0.2) is 0 Å². The number of benzene rings is 1. The predicted molar refractivity (Wildman–Crippen MR) is 129 cm³/mol. The van der Waals surface area contributed by atoms with Gasteiger partial charge in [-0.05, 0) is 115 Å². The Morgan fingerprint density at radius 2 is 1.90 bits per heavy atom. The van der Waals surface area contributed by atoms with E-state index in [0.717, 1.165) is 23.5 Å². The fourth-order valence-electron chi connectivity index (χ4n) is 7.17. The molecule has 3 heteroatoms. The minimum absolute atomic E-state index is 0.229. The minimum atomic E-state index is -1.80. The van der Waals surface area contributed by atoms with Gasteiger partial charge in [0.1, 0.15) is 5.75 Å². The molecule has 0 aromatic heterocycles. The van der Waals surface area contributed by atoms with Crippen LogP contribution in [0.5, 0.6) is 5.75 Å². The number of hydrogen-bond acceptors (Lipinski definition) is 2. The topological polar surface area (TPSA) is 29.5 Å². The normalized spacial score (nSPS) is 34.7. The third kappa shape index (κ3) is 3.58. The predicted octanol–water partition coefficient (Wildman–Crippen LogP) is 7.17. The van der Waals surface area contributed by atoms with Crippen molar-refractivity contribution in [2.45, 2.75) is 97.2 Å². The van der Waals surface area contributed by atoms with Crippen molar-refractivity contribution in [1.29, 1.82) is 0 Å². The van der Waals surface area contributed by atoms with Gasteiger partial charge in [-0.2, -0.15) is 0 Å². The second kappa shape index (κ2) is 7.66. The molecule has 168 valence electrons. The van der Waals surface area contributed by atoms with Crippen LogP contribution in [0, 0.1) is 29.1 Å². The number of rotatable bonds is 4. The maximum atomic E-state index is 9.81. The molecule has 6 unspecified atom stereocenters. The number of fused-ring (bicyclic) bond motifs is 5. The molecule has 1 N–H and O–H groups in total. The van der Waals surface area contributed by atoms with Gasteiger partial charge in [-0.1, -0.05) is 40.7 Å². The second-order valence-electron chi connectivity index (χ2n) is 12.5. The largest absolute Gasteiger partial charge is 0.543 e. The Hall–Kier alpha value is -0.803. The molecule has 0 bridgehead atoms. The zero-order chi connectivity index (χ0) is 21.9. The molecule has 0 heterocycles. The summed E-state index contributed by atoms with van der Waals surface area (Å²) in [4.78, 5) is 0. The Kier molecular flexibility index (Phi) is 5.71. The van der Waals surface area contributed by atoms with Crippen LogP contribution in [0.15, 0.2) is 18.2 Å². The lowest BCUT2D eigenvalue weighted by atomic mass is 9.53. The summed E-state index contributed by atoms with van der Waals surface area (Å²) in [5.74, 6) is 4.65. The molecule has 2 nitrogen and oxygen atoms in total. The first-order chi connectivity index (χ1) is 14.0. The average Bonchev–Trinajstić information content (AvgIpc) is 3.03. The molecule has 6 atom stereocenters. The molecular formula is C27H44O2Si. The average molecular weight is 429 g/mol. The molecular weight excluding hydrogens is 384 g/mol. The van der Waals surface area contributed by atoms with Crippen LogP contribution in [0.1, 0.15) is 83.8 Å². The van der Waals surface area contributed by atoms with Crippen LogP contribution in [0.4, 0.5) is 0 Å². The minimum Gasteiger partial charge on any atom is -0.543 e. The van der Waals surface area contributed by atoms with Gasteiger partial charge in [0.05, 0.1) is 0 Å². The van der Waals surface area contributed by atoms with E-state index in [9.17, 15) is 5.11 Å². The van der Waals surface area contributed by atoms with Crippen LogP contribution in [-0.4, -0.2) is 20.0 Å². The molecule has 3 aliphatic carbocycles. The highest BCUT2D eigenvalue weighted by atomic mass is 28.4. The Labute approximate surface area is 185 Å². The SMILES string of the molecule is CC(CO)C1CCC2C3CCc4cc(O[Si](C)(C)C(C)(C)C)ccc4C3CCC12C. The van der Waals surface area contributed by atoms with Crippen LogP contribution in [-0.2, 0) is 6.42 Å². The van der Waals surface area contributed by atoms with Crippen molar-refractivity contribution in [2.24, 2.45) is 29.1 Å². The molecule has 0 radical (unpaired) electrons. The van der Waals surface area contributed by atoms with E-state index in [0.29, 0.717) is 23.9 Å². The first kappa shape index (κ1) is 22.4. The van der Waals surface area contributed by atoms with Gasteiger partial charge < -0.3 is 9.53 Å². The lowest BCUT2D eigenvalue weighted by molar-refractivity contribution is 0.00157. The lowest BCUT2D eigenvalue weighted by Gasteiger charge is -2.52. The van der Waals surface area contributed by atoms with E-state index in [-0.39, 0.29) is 5.04 Å². The van der Waals surface area contributed by atoms with E-state index >= 15 is 0 Å². The monoisotopic (exact) mass is 428 g/mol. The summed E-state index contributed by atoms with van der Waals surface area (Å²) < 4.78 is 6.62. The number of aliphatic hydroxyl groups excluding tert-OH is 1. The van der Waals surface area contributed by atoms with Crippen LogP contribution < -0.4 is 4.43 Å². The van der Waals surface area contributed by atoms with Crippen molar-refractivity contribution in [3.63, 3.8) is 0 Å². The maximum absolute atomic E-state index is 9.81. The smallest absolute Gasteiger partial charge is 0.250 e. The third-order valence-electron chi connectivity index (χ3n) is 9.93. The molecule has 0 amide bonds. The summed E-state index contributed by atoms with van der Waals surface area (Å²) in [7, 11) is -1.80. The van der Waals surface area contributed by atoms with Crippen molar-refractivity contribution < 1.29 is 9.53 Å². The quantitative estimate of drug-likeness (QED) is 0.515. The molecule has 0 aliphatic heterocycles. The standard InChI is InChI=1S/C27H44O2Si/c1-18(17-28)24-12-13-25-23-10-8-19-16-20(29-30(6,7)26(2,3)4)9-11-21(19)22(23)14-15-27(24,25)5/h9,11,16,18,22-25,28H,8,10,12-15,17H2,1-7H3. The van der Waals surface area contributed by atoms with Crippen molar-refractivity contribution in [3.05, 3.63) is 29.3 Å². The van der Waals surface area contributed by atoms with Crippen molar-refractivity contribution >= 4 is 8.32 Å². The zero-order valence-electron chi connectivity index (χ0n) is 20.4. The molecule has 0 spiro atoms. The summed E-state index contributed by atoms with van der Waals surface area (Å²) in [5.41, 5.74) is 3.61. The molecule has 0 saturated heterocycles. The van der Waals surface area contributed by atoms with Gasteiger partial charge in [0, 0.05) is 6.61 Å². The Morgan fingerprint density at radius 1 is 1.17 bits per heavy atom. The third-order valence-corrected chi connectivity index (χ3v) is 14.3. The fourth-order valence-corrected chi connectivity index (χ4v) is 8.19. The van der Waals surface area contributed by atoms with Gasteiger partial charge in [0.25, 0.3) is 0 Å². The van der Waals surface area contributed by atoms with E-state index in [4.69, 9.17) is 4.43 Å². The van der Waals surface area contributed by atoms with Gasteiger partial charge in [-0.3, -0.25) is 0 Å². The van der Waals surface area contributed by atoms with Gasteiger partial charge in [0.15, 0.2) is 0 Å². The van der Waals surface area contributed by atoms with Crippen LogP contribution in [0.3, 0.4) is 0 Å². The van der Waals surface area contributed by atoms with Gasteiger partial charge >= 0.3 is 0 Å². The van der Waals surface area contributed by atoms with E-state index in [1.165, 1.54) is 38.5 Å². The lowest BCUT2D eigenvalue weighted by Crippen LogP contribution is -2.44. The maximum Gasteiger partial charge on any atom is 0.250 e. The van der Waals surface area contributed by atoms with Crippen molar-refractivity contribution in [1.82, 2.24) is 0 Å². The fraction of sp³-hybridized carbons (Fsp3) is 0.778. The zero-order valence-corrected chi connectivity index (χ0v) is 21.4. The number of hydrogen-bond donors (Lipinski definition) is 1. The van der Waals surface area contributed by atoms with E-state index in [2.05, 4.69) is 65.9 Å². The Balaban J connectivity index is 1.56. The summed E-state index contributed by atoms with van der Waals surface area (Å²) in [6, 6.07) is 7.06. The molecule has 1 aromatic carbocycles. The van der Waals surface area contributed by atoms with Gasteiger partial charge in [0.2, 0.25) is 8.32 Å². The van der Waals surface area contributed by atoms with Crippen molar-refractivity contribution in [3.8, 4) is 5.75 Å². The van der Waals surface area contributed by atoms with Crippen LogP contribution >= 0.6 is 0 Å². The Bertz CT molecular complexity index is 780. The van der Waals surface area contributed by atoms with E-state index in [1.807, 2.05) is 0 Å².